The second-order valence-electron chi connectivity index (χ2n) is 4.58. The second kappa shape index (κ2) is 4.16. The number of carbonyl (C=O) groups excluding carboxylic acids is 2. The summed E-state index contributed by atoms with van der Waals surface area (Å²) in [6.07, 6.45) is 0. The molecule has 0 aliphatic carbocycles. The van der Waals surface area contributed by atoms with Crippen molar-refractivity contribution in [3.05, 3.63) is 58.9 Å². The molecule has 1 N–H and O–H groups in total. The number of benzene rings is 2. The Bertz CT molecular complexity index is 720. The van der Waals surface area contributed by atoms with E-state index in [1.165, 1.54) is 19.1 Å². The first-order chi connectivity index (χ1) is 9.50. The molecule has 0 saturated heterocycles. The van der Waals surface area contributed by atoms with Crippen LogP contribution in [0.25, 0.3) is 0 Å². The number of hydrogen-bond acceptors (Lipinski definition) is 3. The molecule has 1 aliphatic heterocycles. The van der Waals surface area contributed by atoms with Gasteiger partial charge in [-0.25, -0.2) is 9.29 Å². The summed E-state index contributed by atoms with van der Waals surface area (Å²) in [5.41, 5.74) is 0.566. The minimum atomic E-state index is -0.727. The molecule has 0 saturated carbocycles. The minimum absolute atomic E-state index is 0.169. The number of imide groups is 1. The Balaban J connectivity index is 2.17. The van der Waals surface area contributed by atoms with Crippen LogP contribution >= 0.6 is 0 Å². The highest BCUT2D eigenvalue weighted by molar-refractivity contribution is 6.34. The Hall–Kier alpha value is -2.69. The molecule has 0 unspecified atom stereocenters. The molecule has 5 heteroatoms. The van der Waals surface area contributed by atoms with Crippen LogP contribution in [0.15, 0.2) is 36.4 Å². The van der Waals surface area contributed by atoms with Crippen molar-refractivity contribution in [2.75, 3.05) is 4.90 Å². The number of carbonyl (C=O) groups is 2. The van der Waals surface area contributed by atoms with Crippen molar-refractivity contribution in [2.24, 2.45) is 0 Å². The maximum atomic E-state index is 14.0. The average molecular weight is 271 g/mol. The number of rotatable bonds is 1. The first-order valence-corrected chi connectivity index (χ1v) is 5.97. The molecule has 2 amide bonds. The van der Waals surface area contributed by atoms with Crippen LogP contribution in [0.2, 0.25) is 0 Å². The third kappa shape index (κ3) is 1.60. The van der Waals surface area contributed by atoms with Crippen LogP contribution in [0.5, 0.6) is 5.75 Å². The van der Waals surface area contributed by atoms with Crippen molar-refractivity contribution in [3.63, 3.8) is 0 Å². The van der Waals surface area contributed by atoms with Gasteiger partial charge in [-0.15, -0.1) is 0 Å². The monoisotopic (exact) mass is 271 g/mol. The Labute approximate surface area is 114 Å². The molecule has 4 nitrogen and oxygen atoms in total. The Morgan fingerprint density at radius 2 is 1.60 bits per heavy atom. The van der Waals surface area contributed by atoms with E-state index in [1.807, 2.05) is 0 Å². The Morgan fingerprint density at radius 3 is 2.15 bits per heavy atom. The van der Waals surface area contributed by atoms with Gasteiger partial charge in [0.15, 0.2) is 0 Å². The summed E-state index contributed by atoms with van der Waals surface area (Å²) < 4.78 is 14.0. The first-order valence-electron chi connectivity index (χ1n) is 5.97. The van der Waals surface area contributed by atoms with Gasteiger partial charge in [-0.05, 0) is 30.7 Å². The molecular weight excluding hydrogens is 261 g/mol. The molecule has 0 radical (unpaired) electrons. The van der Waals surface area contributed by atoms with E-state index in [9.17, 15) is 19.1 Å². The number of fused-ring (bicyclic) bond motifs is 1. The van der Waals surface area contributed by atoms with E-state index >= 15 is 0 Å². The summed E-state index contributed by atoms with van der Waals surface area (Å²) in [5.74, 6) is -2.08. The lowest BCUT2D eigenvalue weighted by atomic mass is 10.1. The van der Waals surface area contributed by atoms with Crippen molar-refractivity contribution in [1.82, 2.24) is 0 Å². The predicted octanol–water partition coefficient (Wildman–Crippen LogP) is 2.64. The van der Waals surface area contributed by atoms with E-state index < -0.39 is 17.6 Å². The lowest BCUT2D eigenvalue weighted by Gasteiger charge is -2.15. The smallest absolute Gasteiger partial charge is 0.266 e. The van der Waals surface area contributed by atoms with E-state index in [2.05, 4.69) is 0 Å². The number of phenols is 1. The normalized spacial score (nSPS) is 13.8. The van der Waals surface area contributed by atoms with E-state index in [4.69, 9.17) is 0 Å². The molecule has 0 atom stereocenters. The fraction of sp³-hybridized carbons (Fsp3) is 0.0667. The van der Waals surface area contributed by atoms with E-state index in [0.717, 1.165) is 17.0 Å². The standard InChI is InChI=1S/C15H10FNO3/c1-8-6-11(16)12(7-13(8)18)17-14(19)9-4-2-3-5-10(9)15(17)20/h2-7,18H,1H3. The minimum Gasteiger partial charge on any atom is -0.508 e. The molecule has 3 rings (SSSR count). The topological polar surface area (TPSA) is 57.6 Å². The van der Waals surface area contributed by atoms with Crippen LogP contribution in [0.3, 0.4) is 0 Å². The van der Waals surface area contributed by atoms with Crippen molar-refractivity contribution >= 4 is 17.5 Å². The molecule has 2 aromatic carbocycles. The van der Waals surface area contributed by atoms with E-state index in [0.29, 0.717) is 5.56 Å². The quantitative estimate of drug-likeness (QED) is 0.811. The van der Waals surface area contributed by atoms with Gasteiger partial charge < -0.3 is 5.11 Å². The molecule has 0 aromatic heterocycles. The van der Waals surface area contributed by atoms with Gasteiger partial charge in [-0.1, -0.05) is 12.1 Å². The number of anilines is 1. The molecule has 2 aromatic rings. The lowest BCUT2D eigenvalue weighted by Crippen LogP contribution is -2.30. The third-order valence-corrected chi connectivity index (χ3v) is 3.30. The first kappa shape index (κ1) is 12.3. The van der Waals surface area contributed by atoms with Crippen LogP contribution in [0.4, 0.5) is 10.1 Å². The zero-order chi connectivity index (χ0) is 14.4. The summed E-state index contributed by atoms with van der Waals surface area (Å²) in [6.45, 7) is 1.53. The van der Waals surface area contributed by atoms with Crippen LogP contribution in [-0.2, 0) is 0 Å². The van der Waals surface area contributed by atoms with Crippen LogP contribution in [0.1, 0.15) is 26.3 Å². The highest BCUT2D eigenvalue weighted by Gasteiger charge is 2.37. The number of aromatic hydroxyl groups is 1. The number of halogens is 1. The van der Waals surface area contributed by atoms with E-state index in [1.54, 1.807) is 12.1 Å². The summed E-state index contributed by atoms with van der Waals surface area (Å²) >= 11 is 0. The maximum absolute atomic E-state index is 14.0. The summed E-state index contributed by atoms with van der Waals surface area (Å²) in [5, 5.41) is 9.66. The fourth-order valence-electron chi connectivity index (χ4n) is 2.23. The van der Waals surface area contributed by atoms with Crippen molar-refractivity contribution in [1.29, 1.82) is 0 Å². The largest absolute Gasteiger partial charge is 0.508 e. The molecule has 0 fully saturated rings. The van der Waals surface area contributed by atoms with E-state index in [-0.39, 0.29) is 22.6 Å². The molecule has 100 valence electrons. The number of nitrogens with zero attached hydrogens (tertiary/aromatic N) is 1. The van der Waals surface area contributed by atoms with Gasteiger partial charge in [0.2, 0.25) is 0 Å². The highest BCUT2D eigenvalue weighted by atomic mass is 19.1. The highest BCUT2D eigenvalue weighted by Crippen LogP contribution is 2.33. The molecule has 0 bridgehead atoms. The zero-order valence-electron chi connectivity index (χ0n) is 10.6. The fourth-order valence-corrected chi connectivity index (χ4v) is 2.23. The molecular formula is C15H10FNO3. The zero-order valence-corrected chi connectivity index (χ0v) is 10.6. The van der Waals surface area contributed by atoms with Gasteiger partial charge in [-0.3, -0.25) is 9.59 Å². The summed E-state index contributed by atoms with van der Waals surface area (Å²) in [4.78, 5) is 25.2. The maximum Gasteiger partial charge on any atom is 0.266 e. The molecule has 0 spiro atoms. The predicted molar refractivity (Wildman–Crippen MR) is 70.4 cm³/mol. The SMILES string of the molecule is Cc1cc(F)c(N2C(=O)c3ccccc3C2=O)cc1O. The second-order valence-corrected chi connectivity index (χ2v) is 4.58. The average Bonchev–Trinajstić information content (AvgIpc) is 2.68. The van der Waals surface area contributed by atoms with Crippen molar-refractivity contribution in [3.8, 4) is 5.75 Å². The van der Waals surface area contributed by atoms with Crippen LogP contribution < -0.4 is 4.90 Å². The number of aryl methyl sites for hydroxylation is 1. The van der Waals surface area contributed by atoms with Gasteiger partial charge in [-0.2, -0.15) is 0 Å². The van der Waals surface area contributed by atoms with Gasteiger partial charge in [0, 0.05) is 6.07 Å². The molecule has 20 heavy (non-hydrogen) atoms. The molecule has 1 heterocycles. The summed E-state index contributed by atoms with van der Waals surface area (Å²) in [7, 11) is 0. The Morgan fingerprint density at radius 1 is 1.05 bits per heavy atom. The van der Waals surface area contributed by atoms with Crippen molar-refractivity contribution < 1.29 is 19.1 Å². The molecule has 1 aliphatic rings. The third-order valence-electron chi connectivity index (χ3n) is 3.30. The van der Waals surface area contributed by atoms with Crippen LogP contribution in [0, 0.1) is 12.7 Å². The number of amides is 2. The van der Waals surface area contributed by atoms with Crippen molar-refractivity contribution in [2.45, 2.75) is 6.92 Å². The Kier molecular flexibility index (Phi) is 2.57. The van der Waals surface area contributed by atoms with Gasteiger partial charge in [0.25, 0.3) is 11.8 Å². The van der Waals surface area contributed by atoms with Crippen LogP contribution in [-0.4, -0.2) is 16.9 Å². The summed E-state index contributed by atoms with van der Waals surface area (Å²) in [6, 6.07) is 8.48. The van der Waals surface area contributed by atoms with Gasteiger partial charge in [0.05, 0.1) is 16.8 Å². The van der Waals surface area contributed by atoms with Gasteiger partial charge in [0.1, 0.15) is 11.6 Å². The number of hydrogen-bond donors (Lipinski definition) is 1. The number of phenolic OH excluding ortho intramolecular Hbond substituents is 1. The lowest BCUT2D eigenvalue weighted by molar-refractivity contribution is 0.0925. The van der Waals surface area contributed by atoms with Gasteiger partial charge >= 0.3 is 0 Å².